The number of esters is 1. The number of carbonyl (C=O) groups excluding carboxylic acids is 1. The molecule has 7 heteroatoms. The van der Waals surface area contributed by atoms with Crippen molar-refractivity contribution in [3.63, 3.8) is 0 Å². The summed E-state index contributed by atoms with van der Waals surface area (Å²) < 4.78 is 4.88. The number of ether oxygens (including phenoxy) is 1. The van der Waals surface area contributed by atoms with E-state index in [0.717, 1.165) is 0 Å². The molecule has 1 aromatic carbocycles. The fourth-order valence-corrected chi connectivity index (χ4v) is 2.20. The van der Waals surface area contributed by atoms with E-state index in [2.05, 4.69) is 4.98 Å². The van der Waals surface area contributed by atoms with Gasteiger partial charge in [0.05, 0.1) is 40.9 Å². The van der Waals surface area contributed by atoms with E-state index in [-0.39, 0.29) is 29.9 Å². The van der Waals surface area contributed by atoms with E-state index in [0.29, 0.717) is 11.3 Å². The number of aromatic nitrogens is 1. The van der Waals surface area contributed by atoms with Gasteiger partial charge in [-0.3, -0.25) is 15.1 Å². The molecule has 2 aromatic rings. The van der Waals surface area contributed by atoms with Crippen molar-refractivity contribution in [3.05, 3.63) is 63.8 Å². The molecule has 0 fully saturated rings. The summed E-state index contributed by atoms with van der Waals surface area (Å²) in [5, 5.41) is 20.3. The second-order valence-electron chi connectivity index (χ2n) is 4.97. The molecule has 126 valence electrons. The zero-order valence-corrected chi connectivity index (χ0v) is 13.5. The summed E-state index contributed by atoms with van der Waals surface area (Å²) in [4.78, 5) is 26.9. The maximum atomic E-state index is 11.9. The molecule has 0 aliphatic carbocycles. The molecule has 0 aliphatic rings. The van der Waals surface area contributed by atoms with Crippen molar-refractivity contribution < 1.29 is 14.5 Å². The van der Waals surface area contributed by atoms with Gasteiger partial charge in [0.25, 0.3) is 5.69 Å². The lowest BCUT2D eigenvalue weighted by molar-refractivity contribution is -0.385. The van der Waals surface area contributed by atoms with Crippen LogP contribution in [0.5, 0.6) is 0 Å². The van der Waals surface area contributed by atoms with Crippen LogP contribution in [0.3, 0.4) is 0 Å². The molecule has 0 unspecified atom stereocenters. The zero-order valence-electron chi connectivity index (χ0n) is 13.5. The monoisotopic (exact) mass is 337 g/mol. The quantitative estimate of drug-likeness (QED) is 0.345. The highest BCUT2D eigenvalue weighted by molar-refractivity contribution is 5.95. The van der Waals surface area contributed by atoms with Crippen LogP contribution < -0.4 is 0 Å². The minimum absolute atomic E-state index is 0.0676. The Kier molecular flexibility index (Phi) is 5.96. The smallest absolute Gasteiger partial charge is 0.335 e. The minimum atomic E-state index is -0.660. The van der Waals surface area contributed by atoms with Gasteiger partial charge in [0, 0.05) is 17.8 Å². The van der Waals surface area contributed by atoms with Gasteiger partial charge in [-0.15, -0.1) is 0 Å². The predicted molar refractivity (Wildman–Crippen MR) is 91.2 cm³/mol. The molecule has 0 spiro atoms. The number of benzene rings is 1. The average Bonchev–Trinajstić information content (AvgIpc) is 2.62. The Hall–Kier alpha value is -3.53. The highest BCUT2D eigenvalue weighted by atomic mass is 16.6. The third kappa shape index (κ3) is 4.48. The molecule has 0 amide bonds. The molecule has 0 aliphatic heterocycles. The molecule has 0 atom stereocenters. The van der Waals surface area contributed by atoms with Crippen LogP contribution in [0.25, 0.3) is 17.3 Å². The first-order valence-corrected chi connectivity index (χ1v) is 7.51. The lowest BCUT2D eigenvalue weighted by Crippen LogP contribution is -2.07. The normalized spacial score (nSPS) is 10.8. The maximum Gasteiger partial charge on any atom is 0.335 e. The van der Waals surface area contributed by atoms with Crippen molar-refractivity contribution in [1.82, 2.24) is 4.98 Å². The van der Waals surface area contributed by atoms with Crippen molar-refractivity contribution >= 4 is 17.7 Å². The molecule has 1 heterocycles. The van der Waals surface area contributed by atoms with E-state index in [1.807, 2.05) is 6.07 Å². The zero-order chi connectivity index (χ0) is 18.2. The lowest BCUT2D eigenvalue weighted by Gasteiger charge is -2.06. The van der Waals surface area contributed by atoms with E-state index in [4.69, 9.17) is 10.00 Å². The lowest BCUT2D eigenvalue weighted by atomic mass is 10.0. The van der Waals surface area contributed by atoms with Crippen LogP contribution in [0.4, 0.5) is 5.69 Å². The molecule has 2 rings (SSSR count). The average molecular weight is 337 g/mol. The minimum Gasteiger partial charge on any atom is -0.463 e. The van der Waals surface area contributed by atoms with Gasteiger partial charge < -0.3 is 4.74 Å². The molecule has 7 nitrogen and oxygen atoms in total. The van der Waals surface area contributed by atoms with Crippen molar-refractivity contribution in [1.29, 1.82) is 5.26 Å². The number of nitrogens with zero attached hydrogens (tertiary/aromatic N) is 3. The van der Waals surface area contributed by atoms with Gasteiger partial charge >= 0.3 is 5.97 Å². The summed E-state index contributed by atoms with van der Waals surface area (Å²) in [6, 6.07) is 11.7. The Morgan fingerprint density at radius 1 is 1.40 bits per heavy atom. The second kappa shape index (κ2) is 8.36. The number of hydrogen-bond donors (Lipinski definition) is 0. The van der Waals surface area contributed by atoms with Crippen LogP contribution in [-0.2, 0) is 9.53 Å². The molecule has 0 saturated heterocycles. The number of nitriles is 1. The van der Waals surface area contributed by atoms with Crippen molar-refractivity contribution in [2.24, 2.45) is 0 Å². The van der Waals surface area contributed by atoms with Crippen molar-refractivity contribution in [2.45, 2.75) is 13.3 Å². The van der Waals surface area contributed by atoms with E-state index >= 15 is 0 Å². The fourth-order valence-electron chi connectivity index (χ4n) is 2.20. The summed E-state index contributed by atoms with van der Waals surface area (Å²) >= 11 is 0. The molecule has 0 saturated carbocycles. The number of hydrogen-bond acceptors (Lipinski definition) is 6. The fraction of sp³-hybridized carbons (Fsp3) is 0.167. The Balaban J connectivity index is 2.50. The molecule has 1 aromatic heterocycles. The molecular formula is C18H15N3O4. The Bertz CT molecular complexity index is 854. The number of nitro benzene ring substituents is 1. The standard InChI is InChI=1S/C18H15N3O4/c1-2-25-18(22)15(8-9-19)11-14-7-6-13(12-17(14)21(23)24)16-5-3-4-10-20-16/h3-7,10-12H,2,8H2,1H3. The van der Waals surface area contributed by atoms with Crippen molar-refractivity contribution in [3.8, 4) is 17.3 Å². The molecule has 0 N–H and O–H groups in total. The molecule has 0 radical (unpaired) electrons. The Morgan fingerprint density at radius 2 is 2.20 bits per heavy atom. The highest BCUT2D eigenvalue weighted by Crippen LogP contribution is 2.28. The number of nitro groups is 1. The van der Waals surface area contributed by atoms with E-state index in [1.54, 1.807) is 37.4 Å². The largest absolute Gasteiger partial charge is 0.463 e. The Labute approximate surface area is 144 Å². The van der Waals surface area contributed by atoms with Crippen molar-refractivity contribution in [2.75, 3.05) is 6.61 Å². The number of rotatable bonds is 6. The van der Waals surface area contributed by atoms with E-state index in [1.165, 1.54) is 18.2 Å². The summed E-state index contributed by atoms with van der Waals surface area (Å²) in [5.74, 6) is -0.660. The van der Waals surface area contributed by atoms with E-state index in [9.17, 15) is 14.9 Å². The summed E-state index contributed by atoms with van der Waals surface area (Å²) in [6.07, 6.45) is 2.72. The van der Waals surface area contributed by atoms with Crippen LogP contribution in [0, 0.1) is 21.4 Å². The first-order valence-electron chi connectivity index (χ1n) is 7.51. The van der Waals surface area contributed by atoms with Crippen LogP contribution in [0.1, 0.15) is 18.9 Å². The maximum absolute atomic E-state index is 11.9. The molecular weight excluding hydrogens is 322 g/mol. The van der Waals surface area contributed by atoms with Crippen LogP contribution in [0.15, 0.2) is 48.2 Å². The third-order valence-electron chi connectivity index (χ3n) is 3.32. The Morgan fingerprint density at radius 3 is 2.80 bits per heavy atom. The molecule has 25 heavy (non-hydrogen) atoms. The highest BCUT2D eigenvalue weighted by Gasteiger charge is 2.17. The van der Waals surface area contributed by atoms with Gasteiger partial charge in [-0.05, 0) is 31.2 Å². The predicted octanol–water partition coefficient (Wildman–Crippen LogP) is 3.52. The second-order valence-corrected chi connectivity index (χ2v) is 4.97. The van der Waals surface area contributed by atoms with Crippen LogP contribution in [0.2, 0.25) is 0 Å². The van der Waals surface area contributed by atoms with Crippen LogP contribution >= 0.6 is 0 Å². The topological polar surface area (TPSA) is 106 Å². The van der Waals surface area contributed by atoms with Crippen LogP contribution in [-0.4, -0.2) is 22.5 Å². The van der Waals surface area contributed by atoms with Gasteiger partial charge in [-0.25, -0.2) is 4.79 Å². The van der Waals surface area contributed by atoms with Gasteiger partial charge in [-0.2, -0.15) is 5.26 Å². The first-order chi connectivity index (χ1) is 12.1. The van der Waals surface area contributed by atoms with Gasteiger partial charge in [0.1, 0.15) is 0 Å². The summed E-state index contributed by atoms with van der Waals surface area (Å²) in [6.45, 7) is 1.80. The van der Waals surface area contributed by atoms with Gasteiger partial charge in [-0.1, -0.05) is 12.1 Å². The van der Waals surface area contributed by atoms with E-state index < -0.39 is 10.9 Å². The van der Waals surface area contributed by atoms with Gasteiger partial charge in [0.2, 0.25) is 0 Å². The number of carbonyl (C=O) groups is 1. The van der Waals surface area contributed by atoms with Gasteiger partial charge in [0.15, 0.2) is 0 Å². The SMILES string of the molecule is CCOC(=O)C(=Cc1ccc(-c2ccccn2)cc1[N+](=O)[O-])CC#N. The first kappa shape index (κ1) is 17.8. The number of pyridine rings is 1. The summed E-state index contributed by atoms with van der Waals surface area (Å²) in [7, 11) is 0. The third-order valence-corrected chi connectivity index (χ3v) is 3.32. The summed E-state index contributed by atoms with van der Waals surface area (Å²) in [5.41, 5.74) is 1.30. The molecule has 0 bridgehead atoms.